The Morgan fingerprint density at radius 2 is 1.93 bits per heavy atom. The van der Waals surface area contributed by atoms with E-state index in [-0.39, 0.29) is 17.3 Å². The van der Waals surface area contributed by atoms with Crippen LogP contribution < -0.4 is 10.6 Å². The number of hydrogen-bond acceptors (Lipinski definition) is 3. The van der Waals surface area contributed by atoms with E-state index in [0.717, 1.165) is 69.8 Å². The number of guanidine groups is 1. The minimum Gasteiger partial charge on any atom is -0.392 e. The summed E-state index contributed by atoms with van der Waals surface area (Å²) < 4.78 is 13.1. The molecule has 1 saturated carbocycles. The molecule has 1 aliphatic carbocycles. The van der Waals surface area contributed by atoms with Gasteiger partial charge < -0.3 is 15.7 Å². The first-order valence-corrected chi connectivity index (χ1v) is 11.2. The normalized spacial score (nSPS) is 27.0. The predicted octanol–water partition coefficient (Wildman–Crippen LogP) is 3.29. The largest absolute Gasteiger partial charge is 0.392 e. The van der Waals surface area contributed by atoms with Crippen molar-refractivity contribution in [3.63, 3.8) is 0 Å². The Balaban J connectivity index is 1.49. The summed E-state index contributed by atoms with van der Waals surface area (Å²) in [5, 5.41) is 17.4. The molecule has 2 unspecified atom stereocenters. The summed E-state index contributed by atoms with van der Waals surface area (Å²) in [5.41, 5.74) is 1.05. The highest BCUT2D eigenvalue weighted by molar-refractivity contribution is 5.80. The Hall–Kier alpha value is -1.66. The molecule has 3 rings (SSSR count). The van der Waals surface area contributed by atoms with Gasteiger partial charge in [-0.2, -0.15) is 0 Å². The van der Waals surface area contributed by atoms with Crippen LogP contribution in [0.1, 0.15) is 57.9 Å². The number of aliphatic hydroxyl groups excluding tert-OH is 1. The average Bonchev–Trinajstić information content (AvgIpc) is 2.72. The summed E-state index contributed by atoms with van der Waals surface area (Å²) in [4.78, 5) is 7.26. The molecule has 0 bridgehead atoms. The van der Waals surface area contributed by atoms with Crippen molar-refractivity contribution in [2.75, 3.05) is 26.2 Å². The predicted molar refractivity (Wildman–Crippen MR) is 116 cm³/mol. The van der Waals surface area contributed by atoms with Gasteiger partial charge in [0.25, 0.3) is 0 Å². The number of benzene rings is 1. The smallest absolute Gasteiger partial charge is 0.191 e. The van der Waals surface area contributed by atoms with Crippen LogP contribution in [0, 0.1) is 11.2 Å². The summed E-state index contributed by atoms with van der Waals surface area (Å²) in [6, 6.07) is 7.21. The molecule has 6 heteroatoms. The average molecular weight is 405 g/mol. The molecule has 0 spiro atoms. The molecular weight excluding hydrogens is 367 g/mol. The molecular formula is C23H37FN4O. The Morgan fingerprint density at radius 3 is 2.59 bits per heavy atom. The molecule has 1 aromatic carbocycles. The third-order valence-corrected chi connectivity index (χ3v) is 6.47. The van der Waals surface area contributed by atoms with Crippen molar-refractivity contribution in [1.29, 1.82) is 0 Å². The zero-order valence-electron chi connectivity index (χ0n) is 18.0. The van der Waals surface area contributed by atoms with E-state index >= 15 is 0 Å². The van der Waals surface area contributed by atoms with Crippen molar-refractivity contribution in [3.8, 4) is 0 Å². The highest BCUT2D eigenvalue weighted by Gasteiger charge is 2.35. The number of halogens is 1. The fraction of sp³-hybridized carbons (Fsp3) is 0.696. The topological polar surface area (TPSA) is 59.9 Å². The third-order valence-electron chi connectivity index (χ3n) is 6.47. The molecule has 0 amide bonds. The van der Waals surface area contributed by atoms with Gasteiger partial charge in [-0.05, 0) is 50.3 Å². The molecule has 5 nitrogen and oxygen atoms in total. The molecule has 0 aromatic heterocycles. The van der Waals surface area contributed by atoms with E-state index in [9.17, 15) is 9.50 Å². The maximum Gasteiger partial charge on any atom is 0.191 e. The summed E-state index contributed by atoms with van der Waals surface area (Å²) in [6.45, 7) is 8.64. The number of nitrogens with zero attached hydrogens (tertiary/aromatic N) is 2. The van der Waals surface area contributed by atoms with E-state index in [0.29, 0.717) is 12.6 Å². The molecule has 3 N–H and O–H groups in total. The summed E-state index contributed by atoms with van der Waals surface area (Å²) >= 11 is 0. The third kappa shape index (κ3) is 6.41. The molecule has 1 saturated heterocycles. The van der Waals surface area contributed by atoms with E-state index in [2.05, 4.69) is 29.4 Å². The van der Waals surface area contributed by atoms with Gasteiger partial charge >= 0.3 is 0 Å². The van der Waals surface area contributed by atoms with Crippen molar-refractivity contribution in [1.82, 2.24) is 15.5 Å². The molecule has 29 heavy (non-hydrogen) atoms. The Labute approximate surface area is 174 Å². The first-order valence-electron chi connectivity index (χ1n) is 11.2. The van der Waals surface area contributed by atoms with Crippen LogP contribution in [0.3, 0.4) is 0 Å². The fourth-order valence-corrected chi connectivity index (χ4v) is 4.42. The standard InChI is InChI=1S/C23H37FN4O/c1-3-25-22(26-17-23(2)13-5-4-6-21(23)29)27-20-11-14-28(15-12-20)16-18-7-9-19(24)10-8-18/h7-10,20-21,29H,3-6,11-17H2,1-2H3,(H2,25,26,27). The number of piperidine rings is 1. The summed E-state index contributed by atoms with van der Waals surface area (Å²) in [7, 11) is 0. The van der Waals surface area contributed by atoms with Crippen LogP contribution in [-0.4, -0.2) is 54.3 Å². The second-order valence-electron chi connectivity index (χ2n) is 8.93. The molecule has 2 aliphatic rings. The summed E-state index contributed by atoms with van der Waals surface area (Å²) in [5.74, 6) is 0.685. The molecule has 2 atom stereocenters. The maximum atomic E-state index is 13.1. The number of nitrogens with one attached hydrogen (secondary N) is 2. The lowest BCUT2D eigenvalue weighted by Gasteiger charge is -2.37. The van der Waals surface area contributed by atoms with E-state index in [1.165, 1.54) is 18.6 Å². The molecule has 1 aliphatic heterocycles. The number of aliphatic hydroxyl groups is 1. The fourth-order valence-electron chi connectivity index (χ4n) is 4.42. The van der Waals surface area contributed by atoms with Crippen molar-refractivity contribution < 1.29 is 9.50 Å². The molecule has 0 radical (unpaired) electrons. The van der Waals surface area contributed by atoms with Gasteiger partial charge in [0.2, 0.25) is 0 Å². The van der Waals surface area contributed by atoms with Gasteiger partial charge in [0.15, 0.2) is 5.96 Å². The van der Waals surface area contributed by atoms with E-state index in [1.54, 1.807) is 0 Å². The van der Waals surface area contributed by atoms with Gasteiger partial charge in [0.1, 0.15) is 5.82 Å². The van der Waals surface area contributed by atoms with Gasteiger partial charge in [0.05, 0.1) is 12.6 Å². The van der Waals surface area contributed by atoms with Crippen molar-refractivity contribution in [2.24, 2.45) is 10.4 Å². The van der Waals surface area contributed by atoms with E-state index in [4.69, 9.17) is 4.99 Å². The number of likely N-dealkylation sites (tertiary alicyclic amines) is 1. The molecule has 1 aromatic rings. The van der Waals surface area contributed by atoms with Crippen LogP contribution in [-0.2, 0) is 6.54 Å². The molecule has 162 valence electrons. The second-order valence-corrected chi connectivity index (χ2v) is 8.93. The SMILES string of the molecule is CCNC(=NCC1(C)CCCCC1O)NC1CCN(Cc2ccc(F)cc2)CC1. The monoisotopic (exact) mass is 404 g/mol. The lowest BCUT2D eigenvalue weighted by molar-refractivity contribution is 0.00715. The number of rotatable bonds is 6. The van der Waals surface area contributed by atoms with E-state index in [1.807, 2.05) is 12.1 Å². The van der Waals surface area contributed by atoms with Crippen LogP contribution in [0.15, 0.2) is 29.3 Å². The zero-order chi connectivity index (χ0) is 20.7. The molecule has 1 heterocycles. The Morgan fingerprint density at radius 1 is 1.21 bits per heavy atom. The quantitative estimate of drug-likeness (QED) is 0.503. The number of aliphatic imine (C=N–C) groups is 1. The van der Waals surface area contributed by atoms with Crippen LogP contribution in [0.5, 0.6) is 0 Å². The lowest BCUT2D eigenvalue weighted by Crippen LogP contribution is -2.49. The van der Waals surface area contributed by atoms with E-state index < -0.39 is 0 Å². The second kappa shape index (κ2) is 10.4. The van der Waals surface area contributed by atoms with Crippen molar-refractivity contribution in [2.45, 2.75) is 71.1 Å². The first-order chi connectivity index (χ1) is 14.0. The highest BCUT2D eigenvalue weighted by atomic mass is 19.1. The molecule has 2 fully saturated rings. The maximum absolute atomic E-state index is 13.1. The van der Waals surface area contributed by atoms with Gasteiger partial charge in [-0.15, -0.1) is 0 Å². The Bertz CT molecular complexity index is 657. The highest BCUT2D eigenvalue weighted by Crippen LogP contribution is 2.36. The number of hydrogen-bond donors (Lipinski definition) is 3. The van der Waals surface area contributed by atoms with Crippen LogP contribution in [0.4, 0.5) is 4.39 Å². The van der Waals surface area contributed by atoms with Crippen molar-refractivity contribution >= 4 is 5.96 Å². The van der Waals surface area contributed by atoms with Crippen molar-refractivity contribution in [3.05, 3.63) is 35.6 Å². The van der Waals surface area contributed by atoms with Gasteiger partial charge in [-0.1, -0.05) is 31.9 Å². The first kappa shape index (κ1) is 22.0. The van der Waals surface area contributed by atoms with Gasteiger partial charge in [-0.3, -0.25) is 9.89 Å². The minimum atomic E-state index is -0.252. The van der Waals surface area contributed by atoms with Gasteiger partial charge in [-0.25, -0.2) is 4.39 Å². The minimum absolute atomic E-state index is 0.112. The lowest BCUT2D eigenvalue weighted by atomic mass is 9.73. The Kier molecular flexibility index (Phi) is 7.90. The van der Waals surface area contributed by atoms with Crippen LogP contribution in [0.25, 0.3) is 0 Å². The van der Waals surface area contributed by atoms with Crippen LogP contribution >= 0.6 is 0 Å². The van der Waals surface area contributed by atoms with Crippen LogP contribution in [0.2, 0.25) is 0 Å². The summed E-state index contributed by atoms with van der Waals surface area (Å²) in [6.07, 6.45) is 6.10. The van der Waals surface area contributed by atoms with Gasteiger partial charge in [0, 0.05) is 37.6 Å². The zero-order valence-corrected chi connectivity index (χ0v) is 18.0.